The van der Waals surface area contributed by atoms with Crippen LogP contribution in [0, 0.1) is 0 Å². The predicted molar refractivity (Wildman–Crippen MR) is 211 cm³/mol. The molecule has 0 radical (unpaired) electrons. The zero-order chi connectivity index (χ0) is 43.2. The lowest BCUT2D eigenvalue weighted by Gasteiger charge is -2.33. The van der Waals surface area contributed by atoms with Gasteiger partial charge in [-0.05, 0) is 41.5 Å². The van der Waals surface area contributed by atoms with E-state index in [-0.39, 0.29) is 57.1 Å². The smallest absolute Gasteiger partial charge is 0.330 e. The molecular weight excluding hydrogens is 744 g/mol. The summed E-state index contributed by atoms with van der Waals surface area (Å²) in [6.45, 7) is 30.1. The molecule has 0 amide bonds. The van der Waals surface area contributed by atoms with Crippen molar-refractivity contribution in [2.45, 2.75) is 78.2 Å². The lowest BCUT2D eigenvalue weighted by Crippen LogP contribution is -2.44. The van der Waals surface area contributed by atoms with E-state index in [9.17, 15) is 28.8 Å². The van der Waals surface area contributed by atoms with Crippen LogP contribution in [0.1, 0.15) is 41.5 Å². The van der Waals surface area contributed by atoms with Crippen molar-refractivity contribution in [3.05, 3.63) is 75.9 Å². The Bertz CT molecular complexity index is 1350. The fraction of sp³-hybridized carbons (Fsp3) is 0.462. The molecule has 0 bridgehead atoms. The minimum atomic E-state index is -0.790. The molecule has 1 aromatic heterocycles. The van der Waals surface area contributed by atoms with Gasteiger partial charge in [0.25, 0.3) is 0 Å². The predicted octanol–water partition coefficient (Wildman–Crippen LogP) is 3.00. The Morgan fingerprint density at radius 2 is 0.526 bits per heavy atom. The van der Waals surface area contributed by atoms with Crippen LogP contribution in [0.5, 0.6) is 0 Å². The van der Waals surface area contributed by atoms with Gasteiger partial charge in [0.05, 0.1) is 39.3 Å². The maximum Gasteiger partial charge on any atom is 0.330 e. The minimum absolute atomic E-state index is 0.0223. The Kier molecular flexibility index (Phi) is 21.3. The van der Waals surface area contributed by atoms with E-state index in [2.05, 4.69) is 39.5 Å². The number of carbonyl (C=O) groups excluding carboxylic acids is 6. The highest BCUT2D eigenvalue weighted by Crippen LogP contribution is 2.23. The molecule has 18 nitrogen and oxygen atoms in total. The van der Waals surface area contributed by atoms with Crippen LogP contribution < -0.4 is 14.7 Å². The minimum Gasteiger partial charge on any atom is -0.458 e. The van der Waals surface area contributed by atoms with Gasteiger partial charge in [-0.1, -0.05) is 39.5 Å². The number of nitrogens with zero attached hydrogens (tertiary/aromatic N) is 6. The van der Waals surface area contributed by atoms with Crippen molar-refractivity contribution >= 4 is 53.7 Å². The topological polar surface area (TPSA) is 206 Å². The van der Waals surface area contributed by atoms with E-state index < -0.39 is 72.4 Å². The molecule has 1 heterocycles. The highest BCUT2D eigenvalue weighted by atomic mass is 16.6. The highest BCUT2D eigenvalue weighted by Gasteiger charge is 2.28. The lowest BCUT2D eigenvalue weighted by atomic mass is 10.3. The molecule has 0 spiro atoms. The average molecular weight is 799 g/mol. The summed E-state index contributed by atoms with van der Waals surface area (Å²) < 4.78 is 32.7. The summed E-state index contributed by atoms with van der Waals surface area (Å²) >= 11 is 0. The zero-order valence-electron chi connectivity index (χ0n) is 33.5. The summed E-state index contributed by atoms with van der Waals surface area (Å²) in [6.07, 6.45) is 1.29. The van der Waals surface area contributed by atoms with Gasteiger partial charge in [0.2, 0.25) is 17.8 Å². The van der Waals surface area contributed by atoms with Crippen LogP contribution in [0.2, 0.25) is 0 Å². The fourth-order valence-corrected chi connectivity index (χ4v) is 5.05. The van der Waals surface area contributed by atoms with Crippen molar-refractivity contribution in [1.82, 2.24) is 15.0 Å². The molecular formula is C39H54N6O12. The number of rotatable bonds is 27. The van der Waals surface area contributed by atoms with Crippen LogP contribution in [-0.2, 0) is 57.2 Å². The molecule has 18 heteroatoms. The maximum atomic E-state index is 12.2. The Labute approximate surface area is 333 Å². The van der Waals surface area contributed by atoms with Gasteiger partial charge in [-0.15, -0.1) is 0 Å². The van der Waals surface area contributed by atoms with Crippen molar-refractivity contribution in [2.75, 3.05) is 54.0 Å². The first kappa shape index (κ1) is 48.7. The van der Waals surface area contributed by atoms with Crippen LogP contribution in [0.15, 0.2) is 75.9 Å². The van der Waals surface area contributed by atoms with Gasteiger partial charge in [-0.2, -0.15) is 15.0 Å². The Balaban J connectivity index is 4.19. The van der Waals surface area contributed by atoms with Crippen molar-refractivity contribution in [3.63, 3.8) is 0 Å². The van der Waals surface area contributed by atoms with E-state index in [0.29, 0.717) is 0 Å². The molecule has 0 saturated heterocycles. The molecule has 1 aromatic rings. The molecule has 6 atom stereocenters. The average Bonchev–Trinajstić information content (AvgIpc) is 3.16. The van der Waals surface area contributed by atoms with Crippen molar-refractivity contribution in [2.24, 2.45) is 0 Å². The van der Waals surface area contributed by atoms with Gasteiger partial charge in [0.15, 0.2) is 0 Å². The summed E-state index contributed by atoms with van der Waals surface area (Å²) in [7, 11) is 0. The van der Waals surface area contributed by atoms with Crippen LogP contribution in [0.3, 0.4) is 0 Å². The summed E-state index contributed by atoms with van der Waals surface area (Å²) in [5.41, 5.74) is 0. The number of hydrogen-bond donors (Lipinski definition) is 0. The lowest BCUT2D eigenvalue weighted by molar-refractivity contribution is -0.143. The number of ether oxygens (including phenoxy) is 6. The van der Waals surface area contributed by atoms with Gasteiger partial charge in [0, 0.05) is 36.5 Å². The third-order valence-corrected chi connectivity index (χ3v) is 7.22. The molecule has 0 aromatic carbocycles. The largest absolute Gasteiger partial charge is 0.458 e. The van der Waals surface area contributed by atoms with Crippen molar-refractivity contribution in [3.8, 4) is 0 Å². The van der Waals surface area contributed by atoms with Crippen LogP contribution in [-0.4, -0.2) is 127 Å². The molecule has 6 unspecified atom stereocenters. The second-order valence-corrected chi connectivity index (χ2v) is 12.7. The Morgan fingerprint density at radius 1 is 0.386 bits per heavy atom. The van der Waals surface area contributed by atoms with E-state index in [1.807, 2.05) is 0 Å². The SMILES string of the molecule is C=CC(=O)OC(C)CN(CC(C)OC(=O)C=C)c1nc(N(CC(C)OC(=O)C=C)CC(C)OC(=O)C=C)nc(N(CC(C)OC(=O)C=C)CC(C)OC(=O)C=C)n1. The second kappa shape index (κ2) is 25.0. The van der Waals surface area contributed by atoms with Crippen molar-refractivity contribution < 1.29 is 57.2 Å². The first-order valence-electron chi connectivity index (χ1n) is 17.9. The first-order chi connectivity index (χ1) is 26.9. The molecule has 0 fully saturated rings. The number of hydrogen-bond acceptors (Lipinski definition) is 18. The zero-order valence-corrected chi connectivity index (χ0v) is 33.5. The van der Waals surface area contributed by atoms with Crippen LogP contribution in [0.4, 0.5) is 17.8 Å². The van der Waals surface area contributed by atoms with E-state index >= 15 is 0 Å². The summed E-state index contributed by atoms with van der Waals surface area (Å²) in [6, 6.07) is 0. The third kappa shape index (κ3) is 18.7. The summed E-state index contributed by atoms with van der Waals surface area (Å²) in [4.78, 5) is 92.1. The van der Waals surface area contributed by atoms with E-state index in [1.54, 1.807) is 56.2 Å². The first-order valence-corrected chi connectivity index (χ1v) is 17.9. The van der Waals surface area contributed by atoms with Gasteiger partial charge in [-0.3, -0.25) is 0 Å². The molecule has 1 rings (SSSR count). The molecule has 0 aliphatic carbocycles. The number of anilines is 3. The molecule has 0 saturated carbocycles. The highest BCUT2D eigenvalue weighted by molar-refractivity contribution is 5.83. The third-order valence-electron chi connectivity index (χ3n) is 7.22. The summed E-state index contributed by atoms with van der Waals surface area (Å²) in [5, 5.41) is 0. The Morgan fingerprint density at radius 3 is 0.649 bits per heavy atom. The van der Waals surface area contributed by atoms with Gasteiger partial charge >= 0.3 is 35.8 Å². The second-order valence-electron chi connectivity index (χ2n) is 12.7. The van der Waals surface area contributed by atoms with Crippen molar-refractivity contribution in [1.29, 1.82) is 0 Å². The molecule has 57 heavy (non-hydrogen) atoms. The molecule has 0 N–H and O–H groups in total. The van der Waals surface area contributed by atoms with Gasteiger partial charge < -0.3 is 43.1 Å². The molecule has 0 aliphatic heterocycles. The van der Waals surface area contributed by atoms with Gasteiger partial charge in [0.1, 0.15) is 36.6 Å². The fourth-order valence-electron chi connectivity index (χ4n) is 5.05. The van der Waals surface area contributed by atoms with Gasteiger partial charge in [-0.25, -0.2) is 28.8 Å². The maximum absolute atomic E-state index is 12.2. The van der Waals surface area contributed by atoms with E-state index in [1.165, 1.54) is 0 Å². The monoisotopic (exact) mass is 798 g/mol. The van der Waals surface area contributed by atoms with E-state index in [0.717, 1.165) is 36.5 Å². The van der Waals surface area contributed by atoms with E-state index in [4.69, 9.17) is 43.4 Å². The quantitative estimate of drug-likeness (QED) is 0.0712. The normalized spacial score (nSPS) is 13.6. The van der Waals surface area contributed by atoms with Crippen LogP contribution in [0.25, 0.3) is 0 Å². The van der Waals surface area contributed by atoms with Crippen LogP contribution >= 0.6 is 0 Å². The molecule has 0 aliphatic rings. The standard InChI is InChI=1S/C39H54N6O12/c1-13-31(46)52-25(7)19-43(20-26(8)53-32(47)14-2)37-40-38(44(21-27(9)54-33(48)15-3)22-28(10)55-34(49)16-4)42-39(41-37)45(23-29(11)56-35(50)17-5)24-30(12)57-36(51)18-6/h13-18,25-30H,1-6,19-24H2,7-12H3. The summed E-state index contributed by atoms with van der Waals surface area (Å²) in [5.74, 6) is -4.23. The number of aromatic nitrogens is 3. The number of esters is 6. The Hall–Kier alpha value is -6.33. The number of carbonyl (C=O) groups is 6. The molecule has 312 valence electrons.